The predicted octanol–water partition coefficient (Wildman–Crippen LogP) is 2.05. The van der Waals surface area contributed by atoms with Crippen molar-refractivity contribution in [2.45, 2.75) is 19.9 Å². The van der Waals surface area contributed by atoms with Gasteiger partial charge >= 0.3 is 0 Å². The van der Waals surface area contributed by atoms with Gasteiger partial charge in [0.1, 0.15) is 0 Å². The number of hydrogen-bond acceptors (Lipinski definition) is 2. The molecule has 64 valence electrons. The summed E-state index contributed by atoms with van der Waals surface area (Å²) in [4.78, 5) is 4.18. The van der Waals surface area contributed by atoms with Crippen molar-refractivity contribution in [1.82, 2.24) is 4.98 Å². The van der Waals surface area contributed by atoms with Gasteiger partial charge in [0.05, 0.1) is 5.69 Å². The third kappa shape index (κ3) is 1.53. The second-order valence-corrected chi connectivity index (χ2v) is 2.92. The molecule has 0 saturated heterocycles. The molecule has 1 heterocycles. The second kappa shape index (κ2) is 3.50. The molecule has 1 aromatic heterocycles. The van der Waals surface area contributed by atoms with Crippen molar-refractivity contribution >= 4 is 6.08 Å². The molecule has 0 aliphatic carbocycles. The summed E-state index contributed by atoms with van der Waals surface area (Å²) < 4.78 is 0. The van der Waals surface area contributed by atoms with Crippen LogP contribution in [-0.4, -0.2) is 4.98 Å². The Hall–Kier alpha value is -1.15. The molecule has 0 aromatic carbocycles. The van der Waals surface area contributed by atoms with E-state index < -0.39 is 0 Å². The van der Waals surface area contributed by atoms with Gasteiger partial charge in [-0.05, 0) is 37.1 Å². The van der Waals surface area contributed by atoms with Gasteiger partial charge in [-0.1, -0.05) is 6.58 Å². The van der Waals surface area contributed by atoms with E-state index in [0.717, 1.165) is 11.3 Å². The lowest BCUT2D eigenvalue weighted by Crippen LogP contribution is -2.09. The molecule has 0 fully saturated rings. The minimum Gasteiger partial charge on any atom is -0.324 e. The van der Waals surface area contributed by atoms with Crippen LogP contribution in [0.4, 0.5) is 0 Å². The van der Waals surface area contributed by atoms with Crippen LogP contribution in [0.25, 0.3) is 6.08 Å². The van der Waals surface area contributed by atoms with Gasteiger partial charge in [0.2, 0.25) is 0 Å². The molecule has 2 nitrogen and oxygen atoms in total. The smallest absolute Gasteiger partial charge is 0.0673 e. The molecule has 0 aliphatic heterocycles. The average Bonchev–Trinajstić information content (AvgIpc) is 2.03. The van der Waals surface area contributed by atoms with Crippen molar-refractivity contribution < 1.29 is 0 Å². The molecule has 0 unspecified atom stereocenters. The summed E-state index contributed by atoms with van der Waals surface area (Å²) in [6.45, 7) is 7.69. The van der Waals surface area contributed by atoms with Crippen molar-refractivity contribution in [3.05, 3.63) is 35.7 Å². The SMILES string of the molecule is C=Cc1nccc(C)c1[C@H](C)N. The lowest BCUT2D eigenvalue weighted by Gasteiger charge is -2.11. The van der Waals surface area contributed by atoms with Crippen LogP contribution < -0.4 is 5.73 Å². The Kier molecular flexibility index (Phi) is 2.61. The maximum Gasteiger partial charge on any atom is 0.0673 e. The Balaban J connectivity index is 3.29. The second-order valence-electron chi connectivity index (χ2n) is 2.92. The molecule has 0 aliphatic rings. The van der Waals surface area contributed by atoms with Gasteiger partial charge < -0.3 is 5.73 Å². The summed E-state index contributed by atoms with van der Waals surface area (Å²) in [5.74, 6) is 0. The zero-order valence-corrected chi connectivity index (χ0v) is 7.54. The van der Waals surface area contributed by atoms with Gasteiger partial charge in [0.25, 0.3) is 0 Å². The van der Waals surface area contributed by atoms with Gasteiger partial charge in [-0.25, -0.2) is 0 Å². The largest absolute Gasteiger partial charge is 0.324 e. The van der Waals surface area contributed by atoms with Crippen LogP contribution in [0.15, 0.2) is 18.8 Å². The standard InChI is InChI=1S/C10H14N2/c1-4-9-10(8(3)11)7(2)5-6-12-9/h4-6,8H,1,11H2,2-3H3/t8-/m0/s1. The van der Waals surface area contributed by atoms with Crippen molar-refractivity contribution in [1.29, 1.82) is 0 Å². The van der Waals surface area contributed by atoms with Crippen LogP contribution in [-0.2, 0) is 0 Å². The average molecular weight is 162 g/mol. The molecule has 12 heavy (non-hydrogen) atoms. The van der Waals surface area contributed by atoms with E-state index in [1.165, 1.54) is 5.56 Å². The molecule has 0 radical (unpaired) electrons. The van der Waals surface area contributed by atoms with Gasteiger partial charge in [0.15, 0.2) is 0 Å². The molecule has 0 amide bonds. The normalized spacial score (nSPS) is 12.6. The van der Waals surface area contributed by atoms with Crippen molar-refractivity contribution in [2.24, 2.45) is 5.73 Å². The lowest BCUT2D eigenvalue weighted by atomic mass is 10.0. The summed E-state index contributed by atoms with van der Waals surface area (Å²) in [6.07, 6.45) is 3.52. The monoisotopic (exact) mass is 162 g/mol. The predicted molar refractivity (Wildman–Crippen MR) is 51.7 cm³/mol. The van der Waals surface area contributed by atoms with Gasteiger partial charge in [-0.15, -0.1) is 0 Å². The highest BCUT2D eigenvalue weighted by Crippen LogP contribution is 2.18. The van der Waals surface area contributed by atoms with Crippen LogP contribution in [0.5, 0.6) is 0 Å². The first kappa shape index (κ1) is 8.94. The minimum atomic E-state index is 0.0201. The van der Waals surface area contributed by atoms with Crippen molar-refractivity contribution in [2.75, 3.05) is 0 Å². The first-order valence-electron chi connectivity index (χ1n) is 4.00. The van der Waals surface area contributed by atoms with E-state index in [1.54, 1.807) is 12.3 Å². The summed E-state index contributed by atoms with van der Waals surface area (Å²) in [6, 6.07) is 1.98. The van der Waals surface area contributed by atoms with Gasteiger partial charge in [0, 0.05) is 12.2 Å². The summed E-state index contributed by atoms with van der Waals surface area (Å²) in [5, 5.41) is 0. The minimum absolute atomic E-state index is 0.0201. The van der Waals surface area contributed by atoms with E-state index in [2.05, 4.69) is 11.6 Å². The highest BCUT2D eigenvalue weighted by molar-refractivity contribution is 5.50. The van der Waals surface area contributed by atoms with Crippen LogP contribution in [0, 0.1) is 6.92 Å². The maximum atomic E-state index is 5.80. The third-order valence-corrected chi connectivity index (χ3v) is 1.89. The van der Waals surface area contributed by atoms with Crippen LogP contribution >= 0.6 is 0 Å². The summed E-state index contributed by atoms with van der Waals surface area (Å²) in [7, 11) is 0. The number of nitrogens with two attached hydrogens (primary N) is 1. The van der Waals surface area contributed by atoms with E-state index in [4.69, 9.17) is 5.73 Å². The molecule has 0 spiro atoms. The number of aromatic nitrogens is 1. The Morgan fingerprint density at radius 3 is 2.75 bits per heavy atom. The fourth-order valence-electron chi connectivity index (χ4n) is 1.35. The van der Waals surface area contributed by atoms with Crippen molar-refractivity contribution in [3.63, 3.8) is 0 Å². The Morgan fingerprint density at radius 2 is 2.33 bits per heavy atom. The third-order valence-electron chi connectivity index (χ3n) is 1.89. The number of nitrogens with zero attached hydrogens (tertiary/aromatic N) is 1. The molecule has 0 bridgehead atoms. The molecule has 1 atom stereocenters. The molecular weight excluding hydrogens is 148 g/mol. The van der Waals surface area contributed by atoms with Crippen LogP contribution in [0.2, 0.25) is 0 Å². The molecular formula is C10H14N2. The molecule has 2 N–H and O–H groups in total. The summed E-state index contributed by atoms with van der Waals surface area (Å²) in [5.41, 5.74) is 8.96. The van der Waals surface area contributed by atoms with E-state index >= 15 is 0 Å². The Labute approximate surface area is 73.1 Å². The fourth-order valence-corrected chi connectivity index (χ4v) is 1.35. The Bertz CT molecular complexity index is 290. The topological polar surface area (TPSA) is 38.9 Å². The number of hydrogen-bond donors (Lipinski definition) is 1. The number of rotatable bonds is 2. The highest BCUT2D eigenvalue weighted by Gasteiger charge is 2.07. The quantitative estimate of drug-likeness (QED) is 0.722. The molecule has 0 saturated carbocycles. The maximum absolute atomic E-state index is 5.80. The highest BCUT2D eigenvalue weighted by atomic mass is 14.7. The van der Waals surface area contributed by atoms with Crippen molar-refractivity contribution in [3.8, 4) is 0 Å². The number of pyridine rings is 1. The fraction of sp³-hybridized carbons (Fsp3) is 0.300. The lowest BCUT2D eigenvalue weighted by molar-refractivity contribution is 0.799. The number of aryl methyl sites for hydroxylation is 1. The molecule has 1 aromatic rings. The van der Waals surface area contributed by atoms with Gasteiger partial charge in [-0.2, -0.15) is 0 Å². The summed E-state index contributed by atoms with van der Waals surface area (Å²) >= 11 is 0. The van der Waals surface area contributed by atoms with E-state index in [9.17, 15) is 0 Å². The Morgan fingerprint density at radius 1 is 1.67 bits per heavy atom. The zero-order valence-electron chi connectivity index (χ0n) is 7.54. The molecule has 1 rings (SSSR count). The van der Waals surface area contributed by atoms with Crippen LogP contribution in [0.1, 0.15) is 29.8 Å². The van der Waals surface area contributed by atoms with Gasteiger partial charge in [-0.3, -0.25) is 4.98 Å². The zero-order chi connectivity index (χ0) is 9.14. The van der Waals surface area contributed by atoms with Crippen LogP contribution in [0.3, 0.4) is 0 Å². The first-order chi connectivity index (χ1) is 5.66. The first-order valence-corrected chi connectivity index (χ1v) is 4.00. The van der Waals surface area contributed by atoms with E-state index in [1.807, 2.05) is 19.9 Å². The molecule has 2 heteroatoms. The van der Waals surface area contributed by atoms with E-state index in [-0.39, 0.29) is 6.04 Å². The van der Waals surface area contributed by atoms with E-state index in [0.29, 0.717) is 0 Å².